The van der Waals surface area contributed by atoms with E-state index in [9.17, 15) is 37.1 Å². The van der Waals surface area contributed by atoms with Gasteiger partial charge in [0.2, 0.25) is 23.3 Å². The molecule has 3 rings (SSSR count). The molecule has 3 N–H and O–H groups in total. The van der Waals surface area contributed by atoms with Gasteiger partial charge in [-0.2, -0.15) is 8.78 Å². The van der Waals surface area contributed by atoms with E-state index in [1.165, 1.54) is 21.3 Å². The molecule has 254 valence electrons. The molecule has 1 heterocycles. The van der Waals surface area contributed by atoms with Gasteiger partial charge in [0.25, 0.3) is 0 Å². The number of rotatable bonds is 16. The van der Waals surface area contributed by atoms with Crippen molar-refractivity contribution in [1.29, 1.82) is 0 Å². The number of ether oxygens (including phenoxy) is 5. The summed E-state index contributed by atoms with van der Waals surface area (Å²) in [6.45, 7) is 2.65. The van der Waals surface area contributed by atoms with Crippen LogP contribution in [0.15, 0.2) is 18.2 Å². The quantitative estimate of drug-likeness (QED) is 0.180. The average molecular weight is 659 g/mol. The molecule has 1 saturated heterocycles. The number of methoxy groups -OCH3 is 3. The summed E-state index contributed by atoms with van der Waals surface area (Å²) in [5.74, 6) is -11.3. The number of carboxylic acids is 1. The van der Waals surface area contributed by atoms with Crippen LogP contribution in [-0.2, 0) is 25.5 Å². The largest absolute Gasteiger partial charge is 0.493 e. The summed E-state index contributed by atoms with van der Waals surface area (Å²) in [6.07, 6.45) is 1.38. The third-order valence-electron chi connectivity index (χ3n) is 7.45. The van der Waals surface area contributed by atoms with Crippen molar-refractivity contribution in [1.82, 2.24) is 10.6 Å². The van der Waals surface area contributed by atoms with E-state index in [0.717, 1.165) is 18.4 Å². The zero-order chi connectivity index (χ0) is 34.2. The number of nitrogens with one attached hydrogen (secondary N) is 2. The smallest absolute Gasteiger partial charge is 0.305 e. The van der Waals surface area contributed by atoms with Gasteiger partial charge in [0.15, 0.2) is 34.7 Å². The maximum Gasteiger partial charge on any atom is 0.305 e. The predicted molar refractivity (Wildman–Crippen MR) is 155 cm³/mol. The Labute approximate surface area is 263 Å². The second-order valence-corrected chi connectivity index (χ2v) is 11.1. The molecule has 2 aromatic rings. The summed E-state index contributed by atoms with van der Waals surface area (Å²) in [7, 11) is 4.44. The Morgan fingerprint density at radius 3 is 2.02 bits per heavy atom. The molecular weight excluding hydrogens is 620 g/mol. The Morgan fingerprint density at radius 2 is 1.54 bits per heavy atom. The average Bonchev–Trinajstić information content (AvgIpc) is 3.01. The van der Waals surface area contributed by atoms with Gasteiger partial charge in [0, 0.05) is 19.1 Å². The van der Waals surface area contributed by atoms with Crippen molar-refractivity contribution in [3.63, 3.8) is 0 Å². The molecule has 0 spiro atoms. The molecule has 0 saturated carbocycles. The molecule has 1 fully saturated rings. The van der Waals surface area contributed by atoms with E-state index < -0.39 is 83.4 Å². The summed E-state index contributed by atoms with van der Waals surface area (Å²) >= 11 is 0. The van der Waals surface area contributed by atoms with Crippen molar-refractivity contribution in [2.24, 2.45) is 5.92 Å². The minimum Gasteiger partial charge on any atom is -0.493 e. The van der Waals surface area contributed by atoms with Gasteiger partial charge in [0.1, 0.15) is 18.4 Å². The van der Waals surface area contributed by atoms with Crippen molar-refractivity contribution in [3.8, 4) is 23.0 Å². The highest BCUT2D eigenvalue weighted by Gasteiger charge is 2.40. The first kappa shape index (κ1) is 36.4. The van der Waals surface area contributed by atoms with E-state index in [1.54, 1.807) is 26.0 Å². The zero-order valence-electron chi connectivity index (χ0n) is 26.1. The molecule has 46 heavy (non-hydrogen) atoms. The lowest BCUT2D eigenvalue weighted by Gasteiger charge is -2.42. The number of halogens is 4. The predicted octanol–water partition coefficient (Wildman–Crippen LogP) is 3.93. The molecule has 1 amide bonds. The maximum absolute atomic E-state index is 14.0. The Hall–Kier alpha value is -4.11. The van der Waals surface area contributed by atoms with Gasteiger partial charge in [-0.3, -0.25) is 19.7 Å². The number of benzene rings is 2. The molecule has 0 bridgehead atoms. The molecule has 1 aliphatic heterocycles. The monoisotopic (exact) mass is 658 g/mol. The molecule has 3 atom stereocenters. The molecule has 1 unspecified atom stereocenters. The summed E-state index contributed by atoms with van der Waals surface area (Å²) in [4.78, 5) is 38.1. The molecule has 0 aliphatic carbocycles. The summed E-state index contributed by atoms with van der Waals surface area (Å²) in [6, 6.07) is 0.750. The number of aliphatic carboxylic acids is 1. The second kappa shape index (κ2) is 15.9. The number of carboxylic acid groups (broad SMARTS) is 1. The minimum atomic E-state index is -1.88. The minimum absolute atomic E-state index is 0.0315. The lowest BCUT2D eigenvalue weighted by atomic mass is 9.91. The third kappa shape index (κ3) is 8.78. The van der Waals surface area contributed by atoms with Crippen molar-refractivity contribution in [3.05, 3.63) is 47.0 Å². The zero-order valence-corrected chi connectivity index (χ0v) is 26.1. The highest BCUT2D eigenvalue weighted by Crippen LogP contribution is 2.40. The van der Waals surface area contributed by atoms with Crippen LogP contribution in [0.25, 0.3) is 0 Å². The number of ketones is 1. The summed E-state index contributed by atoms with van der Waals surface area (Å²) in [5, 5.41) is 15.1. The normalized spacial score (nSPS) is 17.6. The van der Waals surface area contributed by atoms with Gasteiger partial charge in [0.05, 0.1) is 33.8 Å². The van der Waals surface area contributed by atoms with Gasteiger partial charge in [-0.1, -0.05) is 13.8 Å². The molecule has 15 heteroatoms. The number of carbonyl (C=O) groups is 3. The lowest BCUT2D eigenvalue weighted by molar-refractivity contribution is -0.142. The van der Waals surface area contributed by atoms with Crippen LogP contribution in [0.2, 0.25) is 0 Å². The number of hydrogen-bond donors (Lipinski definition) is 3. The number of Topliss-reactive ketones (excluding diaryl/α,β-unsaturated/α-hetero) is 1. The SMILES string of the molecule is COc1cc(CC2(N[C@H](C(=O)N[C@@H](CC(=O)O)C(=O)COc3c(F)c(F)cc(F)c3F)C(C)C)CCCCO2)cc(OC)c1OC. The van der Waals surface area contributed by atoms with Crippen LogP contribution in [0.4, 0.5) is 17.6 Å². The first-order chi connectivity index (χ1) is 21.7. The molecule has 11 nitrogen and oxygen atoms in total. The Balaban J connectivity index is 1.85. The summed E-state index contributed by atoms with van der Waals surface area (Å²) in [5.41, 5.74) is -0.336. The highest BCUT2D eigenvalue weighted by molar-refractivity contribution is 5.94. The lowest BCUT2D eigenvalue weighted by Crippen LogP contribution is -2.62. The van der Waals surface area contributed by atoms with Crippen molar-refractivity contribution in [2.45, 2.75) is 63.8 Å². The van der Waals surface area contributed by atoms with E-state index in [-0.39, 0.29) is 12.5 Å². The Bertz CT molecular complexity index is 1370. The maximum atomic E-state index is 14.0. The van der Waals surface area contributed by atoms with Gasteiger partial charge in [-0.15, -0.1) is 0 Å². The van der Waals surface area contributed by atoms with Crippen LogP contribution < -0.4 is 29.6 Å². The van der Waals surface area contributed by atoms with E-state index in [2.05, 4.69) is 10.6 Å². The fourth-order valence-electron chi connectivity index (χ4n) is 5.15. The molecular formula is C31H38F4N2O9. The first-order valence-electron chi connectivity index (χ1n) is 14.5. The van der Waals surface area contributed by atoms with Crippen LogP contribution in [0, 0.1) is 29.2 Å². The van der Waals surface area contributed by atoms with Crippen LogP contribution >= 0.6 is 0 Å². The van der Waals surface area contributed by atoms with Crippen LogP contribution in [-0.4, -0.2) is 75.1 Å². The van der Waals surface area contributed by atoms with Crippen molar-refractivity contribution >= 4 is 17.7 Å². The van der Waals surface area contributed by atoms with Crippen LogP contribution in [0.1, 0.15) is 45.1 Å². The summed E-state index contributed by atoms with van der Waals surface area (Å²) < 4.78 is 82.5. The molecule has 1 aliphatic rings. The van der Waals surface area contributed by atoms with Gasteiger partial charge in [-0.05, 0) is 42.9 Å². The van der Waals surface area contributed by atoms with Gasteiger partial charge >= 0.3 is 5.97 Å². The molecule has 0 radical (unpaired) electrons. The van der Waals surface area contributed by atoms with E-state index in [0.29, 0.717) is 30.3 Å². The number of hydrogen-bond acceptors (Lipinski definition) is 9. The standard InChI is InChI=1S/C31H38F4N2O9/c1-16(2)27(37-31(8-6-7-9-46-31)14-17-10-22(42-3)28(44-5)23(11-17)43-4)30(41)36-20(13-24(39)40)21(38)15-45-29-25(34)18(32)12-19(33)26(29)35/h10-12,16,20,27,37H,6-9,13-15H2,1-5H3,(H,36,41)(H,39,40)/t20-,27-,31?/m0/s1. The third-order valence-corrected chi connectivity index (χ3v) is 7.45. The Kier molecular flexibility index (Phi) is 12.6. The highest BCUT2D eigenvalue weighted by atomic mass is 19.2. The fourth-order valence-corrected chi connectivity index (χ4v) is 5.15. The Morgan fingerprint density at radius 1 is 0.935 bits per heavy atom. The fraction of sp³-hybridized carbons (Fsp3) is 0.516. The van der Waals surface area contributed by atoms with E-state index in [4.69, 9.17) is 23.7 Å². The van der Waals surface area contributed by atoms with E-state index in [1.807, 2.05) is 0 Å². The van der Waals surface area contributed by atoms with E-state index >= 15 is 0 Å². The van der Waals surface area contributed by atoms with Crippen molar-refractivity contribution in [2.75, 3.05) is 34.5 Å². The molecule has 0 aromatic heterocycles. The molecule has 2 aromatic carbocycles. The number of amides is 1. The van der Waals surface area contributed by atoms with Gasteiger partial charge in [-0.25, -0.2) is 8.78 Å². The van der Waals surface area contributed by atoms with Crippen molar-refractivity contribution < 1.29 is 60.7 Å². The van der Waals surface area contributed by atoms with Gasteiger partial charge < -0.3 is 34.1 Å². The topological polar surface area (TPSA) is 142 Å². The first-order valence-corrected chi connectivity index (χ1v) is 14.5. The van der Waals surface area contributed by atoms with Crippen LogP contribution in [0.3, 0.4) is 0 Å². The van der Waals surface area contributed by atoms with Crippen LogP contribution in [0.5, 0.6) is 23.0 Å². The second-order valence-electron chi connectivity index (χ2n) is 11.1. The number of carbonyl (C=O) groups excluding carboxylic acids is 2.